The summed E-state index contributed by atoms with van der Waals surface area (Å²) in [6.45, 7) is 10.9. The Morgan fingerprint density at radius 3 is 2.36 bits per heavy atom. The van der Waals surface area contributed by atoms with Crippen LogP contribution in [0, 0.1) is 11.3 Å². The largest absolute Gasteiger partial charge is 0.326 e. The van der Waals surface area contributed by atoms with Crippen LogP contribution in [-0.2, 0) is 11.3 Å². The predicted molar refractivity (Wildman–Crippen MR) is 112 cm³/mol. The Kier molecular flexibility index (Phi) is 6.13. The third kappa shape index (κ3) is 4.40. The van der Waals surface area contributed by atoms with Gasteiger partial charge in [0.15, 0.2) is 0 Å². The molecular weight excluding hydrogens is 350 g/mol. The van der Waals surface area contributed by atoms with Crippen molar-refractivity contribution in [2.75, 3.05) is 13.2 Å². The summed E-state index contributed by atoms with van der Waals surface area (Å²) in [5, 5.41) is 3.06. The lowest BCUT2D eigenvalue weighted by Gasteiger charge is -2.40. The van der Waals surface area contributed by atoms with Crippen molar-refractivity contribution < 1.29 is 9.59 Å². The third-order valence-corrected chi connectivity index (χ3v) is 6.44. The lowest BCUT2D eigenvalue weighted by atomic mass is 9.67. The van der Waals surface area contributed by atoms with Gasteiger partial charge >= 0.3 is 6.03 Å². The molecule has 1 spiro atoms. The molecule has 1 aliphatic heterocycles. The molecule has 1 aromatic rings. The number of urea groups is 1. The van der Waals surface area contributed by atoms with Gasteiger partial charge in [-0.2, -0.15) is 0 Å². The maximum absolute atomic E-state index is 13.3. The molecule has 1 N–H and O–H groups in total. The normalized spacial score (nSPS) is 25.6. The van der Waals surface area contributed by atoms with Gasteiger partial charge in [0.25, 0.3) is 5.91 Å². The van der Waals surface area contributed by atoms with Crippen molar-refractivity contribution in [3.63, 3.8) is 0 Å². The molecule has 1 aromatic carbocycles. The molecule has 1 saturated heterocycles. The Morgan fingerprint density at radius 1 is 1.14 bits per heavy atom. The van der Waals surface area contributed by atoms with Crippen LogP contribution in [0.1, 0.15) is 65.4 Å². The van der Waals surface area contributed by atoms with E-state index in [0.29, 0.717) is 12.6 Å². The lowest BCUT2D eigenvalue weighted by molar-refractivity contribution is -0.134. The van der Waals surface area contributed by atoms with Crippen molar-refractivity contribution in [2.24, 2.45) is 11.3 Å². The van der Waals surface area contributed by atoms with Gasteiger partial charge in [0.2, 0.25) is 0 Å². The van der Waals surface area contributed by atoms with Gasteiger partial charge in [-0.15, -0.1) is 0 Å². The summed E-state index contributed by atoms with van der Waals surface area (Å²) >= 11 is 0. The molecule has 3 rings (SSSR count). The van der Waals surface area contributed by atoms with Crippen molar-refractivity contribution >= 4 is 11.9 Å². The molecule has 0 radical (unpaired) electrons. The molecule has 5 nitrogen and oxygen atoms in total. The van der Waals surface area contributed by atoms with Crippen LogP contribution >= 0.6 is 0 Å². The number of carbonyl (C=O) groups excluding carboxylic acids is 2. The molecule has 1 aliphatic carbocycles. The third-order valence-electron chi connectivity index (χ3n) is 6.44. The zero-order chi connectivity index (χ0) is 20.4. The number of nitrogens with zero attached hydrogens (tertiary/aromatic N) is 2. The molecule has 2 fully saturated rings. The van der Waals surface area contributed by atoms with E-state index in [1.54, 1.807) is 0 Å². The fourth-order valence-electron chi connectivity index (χ4n) is 4.68. The van der Waals surface area contributed by atoms with Crippen LogP contribution in [0.15, 0.2) is 30.3 Å². The van der Waals surface area contributed by atoms with E-state index in [1.165, 1.54) is 10.5 Å². The first-order valence-corrected chi connectivity index (χ1v) is 10.7. The molecule has 2 aliphatic rings. The van der Waals surface area contributed by atoms with E-state index in [0.717, 1.165) is 45.2 Å². The van der Waals surface area contributed by atoms with Crippen LogP contribution < -0.4 is 5.32 Å². The van der Waals surface area contributed by atoms with Gasteiger partial charge in [-0.3, -0.25) is 9.69 Å². The van der Waals surface area contributed by atoms with Crippen LogP contribution in [0.4, 0.5) is 4.79 Å². The minimum absolute atomic E-state index is 0.0287. The molecule has 0 atom stereocenters. The van der Waals surface area contributed by atoms with Gasteiger partial charge in [0, 0.05) is 6.54 Å². The first-order chi connectivity index (χ1) is 13.2. The average Bonchev–Trinajstić information content (AvgIpc) is 2.86. The van der Waals surface area contributed by atoms with Crippen molar-refractivity contribution in [2.45, 2.75) is 71.9 Å². The number of rotatable bonds is 6. The quantitative estimate of drug-likeness (QED) is 0.739. The van der Waals surface area contributed by atoms with Crippen LogP contribution in [0.3, 0.4) is 0 Å². The Labute approximate surface area is 169 Å². The van der Waals surface area contributed by atoms with Crippen LogP contribution in [-0.4, -0.2) is 40.5 Å². The smallest absolute Gasteiger partial charge is 0.323 e. The highest BCUT2D eigenvalue weighted by molar-refractivity contribution is 6.07. The van der Waals surface area contributed by atoms with E-state index >= 15 is 0 Å². The van der Waals surface area contributed by atoms with E-state index in [1.807, 2.05) is 18.2 Å². The number of amides is 3. The fourth-order valence-corrected chi connectivity index (χ4v) is 4.68. The van der Waals surface area contributed by atoms with Crippen molar-refractivity contribution in [1.29, 1.82) is 0 Å². The second kappa shape index (κ2) is 8.24. The molecular formula is C23H35N3O2. The highest BCUT2D eigenvalue weighted by atomic mass is 16.2. The number of imide groups is 1. The summed E-state index contributed by atoms with van der Waals surface area (Å²) in [4.78, 5) is 29.6. The predicted octanol–water partition coefficient (Wildman–Crippen LogP) is 4.38. The lowest BCUT2D eigenvalue weighted by Crippen LogP contribution is -2.51. The first kappa shape index (κ1) is 20.8. The molecule has 0 bridgehead atoms. The Morgan fingerprint density at radius 2 is 1.79 bits per heavy atom. The fraction of sp³-hybridized carbons (Fsp3) is 0.652. The Bertz CT molecular complexity index is 688. The van der Waals surface area contributed by atoms with E-state index in [9.17, 15) is 9.59 Å². The van der Waals surface area contributed by atoms with Gasteiger partial charge in [-0.1, -0.05) is 58.0 Å². The topological polar surface area (TPSA) is 52.6 Å². The monoisotopic (exact) mass is 385 g/mol. The average molecular weight is 386 g/mol. The van der Waals surface area contributed by atoms with Crippen LogP contribution in [0.25, 0.3) is 0 Å². The molecule has 154 valence electrons. The van der Waals surface area contributed by atoms with Crippen LogP contribution in [0.5, 0.6) is 0 Å². The van der Waals surface area contributed by atoms with Gasteiger partial charge < -0.3 is 5.32 Å². The summed E-state index contributed by atoms with van der Waals surface area (Å²) in [7, 11) is 0. The Hall–Kier alpha value is -1.88. The molecule has 1 heterocycles. The number of hydrogen-bond acceptors (Lipinski definition) is 3. The second-order valence-electron chi connectivity index (χ2n) is 9.57. The van der Waals surface area contributed by atoms with Gasteiger partial charge in [-0.05, 0) is 55.5 Å². The van der Waals surface area contributed by atoms with Crippen molar-refractivity contribution in [3.05, 3.63) is 35.9 Å². The van der Waals surface area contributed by atoms with E-state index in [4.69, 9.17) is 0 Å². The zero-order valence-corrected chi connectivity index (χ0v) is 17.8. The molecule has 5 heteroatoms. The van der Waals surface area contributed by atoms with E-state index in [2.05, 4.69) is 50.0 Å². The van der Waals surface area contributed by atoms with Crippen molar-refractivity contribution in [3.8, 4) is 0 Å². The Balaban J connectivity index is 1.67. The summed E-state index contributed by atoms with van der Waals surface area (Å²) in [6, 6.07) is 10.00. The maximum atomic E-state index is 13.3. The SMILES string of the molecule is CCCN(Cc1ccccc1)CN1C(=O)NC2(CCC(C(C)(C)C)CC2)C1=O. The number of hydrogen-bond donors (Lipinski definition) is 1. The molecule has 3 amide bonds. The highest BCUT2D eigenvalue weighted by Gasteiger charge is 2.53. The minimum atomic E-state index is -0.677. The highest BCUT2D eigenvalue weighted by Crippen LogP contribution is 2.43. The number of benzene rings is 1. The zero-order valence-electron chi connectivity index (χ0n) is 17.8. The van der Waals surface area contributed by atoms with Crippen LogP contribution in [0.2, 0.25) is 0 Å². The van der Waals surface area contributed by atoms with Gasteiger partial charge in [-0.25, -0.2) is 9.69 Å². The standard InChI is InChI=1S/C23H35N3O2/c1-5-15-25(16-18-9-7-6-8-10-18)17-26-20(27)23(24-21(26)28)13-11-19(12-14-23)22(2,3)4/h6-10,19H,5,11-17H2,1-4H3,(H,24,28). The summed E-state index contributed by atoms with van der Waals surface area (Å²) in [5.41, 5.74) is 0.771. The molecule has 0 unspecified atom stereocenters. The maximum Gasteiger partial charge on any atom is 0.326 e. The molecule has 0 aromatic heterocycles. The summed E-state index contributed by atoms with van der Waals surface area (Å²) in [5.74, 6) is 0.575. The van der Waals surface area contributed by atoms with Gasteiger partial charge in [0.05, 0.1) is 6.67 Å². The van der Waals surface area contributed by atoms with Crippen molar-refractivity contribution in [1.82, 2.24) is 15.1 Å². The first-order valence-electron chi connectivity index (χ1n) is 10.7. The summed E-state index contributed by atoms with van der Waals surface area (Å²) in [6.07, 6.45) is 4.47. The minimum Gasteiger partial charge on any atom is -0.323 e. The van der Waals surface area contributed by atoms with Gasteiger partial charge in [0.1, 0.15) is 5.54 Å². The number of carbonyl (C=O) groups is 2. The summed E-state index contributed by atoms with van der Waals surface area (Å²) < 4.78 is 0. The number of nitrogens with one attached hydrogen (secondary N) is 1. The molecule has 28 heavy (non-hydrogen) atoms. The van der Waals surface area contributed by atoms with E-state index < -0.39 is 5.54 Å². The molecule has 1 saturated carbocycles. The van der Waals surface area contributed by atoms with E-state index in [-0.39, 0.29) is 17.4 Å². The second-order valence-corrected chi connectivity index (χ2v) is 9.57.